The normalized spacial score (nSPS) is 13.9. The summed E-state index contributed by atoms with van der Waals surface area (Å²) in [4.78, 5) is 0.304. The molecule has 3 nitrogen and oxygen atoms in total. The summed E-state index contributed by atoms with van der Waals surface area (Å²) in [5, 5.41) is -0.554. The molecule has 1 aromatic rings. The Morgan fingerprint density at radius 2 is 2.00 bits per heavy atom. The lowest BCUT2D eigenvalue weighted by Crippen LogP contribution is -2.26. The highest BCUT2D eigenvalue weighted by molar-refractivity contribution is 9.10. The minimum atomic E-state index is -3.29. The quantitative estimate of drug-likeness (QED) is 0.913. The first kappa shape index (κ1) is 11.7. The van der Waals surface area contributed by atoms with Crippen LogP contribution < -0.4 is 5.73 Å². The number of benzene rings is 1. The molecule has 5 heteroatoms. The molecule has 0 aliphatic rings. The first-order valence-electron chi connectivity index (χ1n) is 4.18. The molecule has 0 fully saturated rings. The Morgan fingerprint density at radius 1 is 1.43 bits per heavy atom. The highest BCUT2D eigenvalue weighted by Crippen LogP contribution is 2.24. The molecule has 1 atom stereocenters. The van der Waals surface area contributed by atoms with E-state index in [0.717, 1.165) is 0 Å². The topological polar surface area (TPSA) is 60.2 Å². The SMILES string of the molecule is CC(CN)S(=O)(=O)c1ccccc1Br. The molecule has 0 bridgehead atoms. The van der Waals surface area contributed by atoms with Crippen molar-refractivity contribution in [3.05, 3.63) is 28.7 Å². The zero-order valence-electron chi connectivity index (χ0n) is 7.77. The monoisotopic (exact) mass is 277 g/mol. The van der Waals surface area contributed by atoms with Gasteiger partial charge in [0, 0.05) is 11.0 Å². The van der Waals surface area contributed by atoms with E-state index in [9.17, 15) is 8.42 Å². The fourth-order valence-electron chi connectivity index (χ4n) is 1.02. The van der Waals surface area contributed by atoms with Gasteiger partial charge < -0.3 is 5.73 Å². The Bertz CT molecular complexity index is 417. The highest BCUT2D eigenvalue weighted by atomic mass is 79.9. The van der Waals surface area contributed by atoms with Crippen molar-refractivity contribution >= 4 is 25.8 Å². The number of halogens is 1. The summed E-state index contributed by atoms with van der Waals surface area (Å²) in [7, 11) is -3.29. The van der Waals surface area contributed by atoms with E-state index in [-0.39, 0.29) is 6.54 Å². The molecule has 0 radical (unpaired) electrons. The van der Waals surface area contributed by atoms with Crippen molar-refractivity contribution in [1.29, 1.82) is 0 Å². The van der Waals surface area contributed by atoms with Crippen LogP contribution in [0.4, 0.5) is 0 Å². The van der Waals surface area contributed by atoms with Crippen molar-refractivity contribution < 1.29 is 8.42 Å². The van der Waals surface area contributed by atoms with Crippen LogP contribution >= 0.6 is 15.9 Å². The van der Waals surface area contributed by atoms with Gasteiger partial charge in [0.25, 0.3) is 0 Å². The van der Waals surface area contributed by atoms with E-state index < -0.39 is 15.1 Å². The maximum Gasteiger partial charge on any atom is 0.183 e. The smallest absolute Gasteiger partial charge is 0.183 e. The highest BCUT2D eigenvalue weighted by Gasteiger charge is 2.23. The summed E-state index contributed by atoms with van der Waals surface area (Å²) in [5.74, 6) is 0. The van der Waals surface area contributed by atoms with E-state index in [1.807, 2.05) is 0 Å². The maximum atomic E-state index is 11.9. The Labute approximate surface area is 92.4 Å². The third kappa shape index (κ3) is 2.16. The Morgan fingerprint density at radius 3 is 2.50 bits per heavy atom. The minimum Gasteiger partial charge on any atom is -0.329 e. The summed E-state index contributed by atoms with van der Waals surface area (Å²) in [6.45, 7) is 1.73. The molecule has 0 amide bonds. The Balaban J connectivity index is 3.24. The van der Waals surface area contributed by atoms with E-state index in [4.69, 9.17) is 5.73 Å². The van der Waals surface area contributed by atoms with E-state index in [1.165, 1.54) is 0 Å². The van der Waals surface area contributed by atoms with Crippen molar-refractivity contribution in [3.8, 4) is 0 Å². The molecular formula is C9H12BrNO2S. The predicted molar refractivity (Wildman–Crippen MR) is 59.8 cm³/mol. The van der Waals surface area contributed by atoms with Crippen LogP contribution in [-0.4, -0.2) is 20.2 Å². The van der Waals surface area contributed by atoms with Gasteiger partial charge in [0.15, 0.2) is 9.84 Å². The molecule has 0 aliphatic heterocycles. The number of hydrogen-bond acceptors (Lipinski definition) is 3. The van der Waals surface area contributed by atoms with E-state index in [0.29, 0.717) is 9.37 Å². The maximum absolute atomic E-state index is 11.9. The molecule has 1 aromatic carbocycles. The van der Waals surface area contributed by atoms with Crippen LogP contribution in [0.25, 0.3) is 0 Å². The molecule has 0 saturated carbocycles. The number of hydrogen-bond donors (Lipinski definition) is 1. The summed E-state index contributed by atoms with van der Waals surface area (Å²) >= 11 is 3.21. The molecule has 1 unspecified atom stereocenters. The minimum absolute atomic E-state index is 0.129. The average Bonchev–Trinajstić information content (AvgIpc) is 2.17. The number of nitrogens with two attached hydrogens (primary N) is 1. The average molecular weight is 278 g/mol. The molecule has 1 rings (SSSR count). The largest absolute Gasteiger partial charge is 0.329 e. The standard InChI is InChI=1S/C9H12BrNO2S/c1-7(6-11)14(12,13)9-5-3-2-4-8(9)10/h2-5,7H,6,11H2,1H3. The van der Waals surface area contributed by atoms with E-state index in [1.54, 1.807) is 31.2 Å². The van der Waals surface area contributed by atoms with Gasteiger partial charge >= 0.3 is 0 Å². The Hall–Kier alpha value is -0.390. The van der Waals surface area contributed by atoms with Crippen molar-refractivity contribution in [3.63, 3.8) is 0 Å². The number of rotatable bonds is 3. The third-order valence-corrected chi connectivity index (χ3v) is 5.18. The van der Waals surface area contributed by atoms with Crippen LogP contribution in [0.2, 0.25) is 0 Å². The second kappa shape index (κ2) is 4.42. The summed E-state index contributed by atoms with van der Waals surface area (Å²) < 4.78 is 24.3. The summed E-state index contributed by atoms with van der Waals surface area (Å²) in [6, 6.07) is 6.75. The molecule has 0 spiro atoms. The predicted octanol–water partition coefficient (Wildman–Crippen LogP) is 1.57. The molecule has 0 saturated heterocycles. The lowest BCUT2D eigenvalue weighted by Gasteiger charge is -2.11. The van der Waals surface area contributed by atoms with Gasteiger partial charge in [-0.15, -0.1) is 0 Å². The lowest BCUT2D eigenvalue weighted by atomic mass is 10.4. The van der Waals surface area contributed by atoms with Crippen LogP contribution in [0, 0.1) is 0 Å². The second-order valence-electron chi connectivity index (χ2n) is 3.02. The molecule has 0 aliphatic carbocycles. The fourth-order valence-corrected chi connectivity index (χ4v) is 3.28. The number of sulfone groups is 1. The van der Waals surface area contributed by atoms with Crippen LogP contribution in [-0.2, 0) is 9.84 Å². The van der Waals surface area contributed by atoms with Crippen molar-refractivity contribution in [2.75, 3.05) is 6.54 Å². The van der Waals surface area contributed by atoms with Gasteiger partial charge in [-0.1, -0.05) is 12.1 Å². The van der Waals surface area contributed by atoms with Gasteiger partial charge in [0.05, 0.1) is 10.1 Å². The van der Waals surface area contributed by atoms with Gasteiger partial charge in [-0.05, 0) is 35.0 Å². The first-order valence-corrected chi connectivity index (χ1v) is 6.52. The second-order valence-corrected chi connectivity index (χ2v) is 6.21. The van der Waals surface area contributed by atoms with Crippen LogP contribution in [0.3, 0.4) is 0 Å². The van der Waals surface area contributed by atoms with Crippen molar-refractivity contribution in [1.82, 2.24) is 0 Å². The fraction of sp³-hybridized carbons (Fsp3) is 0.333. The molecular weight excluding hydrogens is 266 g/mol. The zero-order valence-corrected chi connectivity index (χ0v) is 10.2. The summed E-state index contributed by atoms with van der Waals surface area (Å²) in [5.41, 5.74) is 5.35. The third-order valence-electron chi connectivity index (χ3n) is 2.00. The van der Waals surface area contributed by atoms with Crippen LogP contribution in [0.1, 0.15) is 6.92 Å². The van der Waals surface area contributed by atoms with Crippen LogP contribution in [0.5, 0.6) is 0 Å². The van der Waals surface area contributed by atoms with Crippen molar-refractivity contribution in [2.45, 2.75) is 17.1 Å². The van der Waals surface area contributed by atoms with Gasteiger partial charge in [0.1, 0.15) is 0 Å². The van der Waals surface area contributed by atoms with Crippen molar-refractivity contribution in [2.24, 2.45) is 5.73 Å². The van der Waals surface area contributed by atoms with Gasteiger partial charge in [-0.25, -0.2) is 8.42 Å². The molecule has 2 N–H and O–H groups in total. The first-order chi connectivity index (χ1) is 6.50. The van der Waals surface area contributed by atoms with E-state index >= 15 is 0 Å². The van der Waals surface area contributed by atoms with Gasteiger partial charge in [0.2, 0.25) is 0 Å². The van der Waals surface area contributed by atoms with E-state index in [2.05, 4.69) is 15.9 Å². The molecule has 78 valence electrons. The molecule has 0 heterocycles. The van der Waals surface area contributed by atoms with Gasteiger partial charge in [-0.3, -0.25) is 0 Å². The molecule has 0 aromatic heterocycles. The summed E-state index contributed by atoms with van der Waals surface area (Å²) in [6.07, 6.45) is 0. The Kier molecular flexibility index (Phi) is 3.69. The lowest BCUT2D eigenvalue weighted by molar-refractivity contribution is 0.583. The molecule has 14 heavy (non-hydrogen) atoms. The van der Waals surface area contributed by atoms with Gasteiger partial charge in [-0.2, -0.15) is 0 Å². The zero-order chi connectivity index (χ0) is 10.8. The van der Waals surface area contributed by atoms with Crippen LogP contribution in [0.15, 0.2) is 33.6 Å².